The van der Waals surface area contributed by atoms with Crippen LogP contribution in [-0.2, 0) is 5.41 Å². The molecule has 0 spiro atoms. The molecule has 0 fully saturated rings. The lowest BCUT2D eigenvalue weighted by molar-refractivity contribution is 0.627. The summed E-state index contributed by atoms with van der Waals surface area (Å²) < 4.78 is 33.5. The highest BCUT2D eigenvalue weighted by molar-refractivity contribution is 6.12. The average Bonchev–Trinajstić information content (AvgIpc) is 3.59. The molecule has 1 heterocycles. The standard InChI is InChI=1S/C43H23F2N5/c1-43(2)35-7-4-3-6-30(35)40-36(43)8-5-9-39(40)50-37-12-10-26(31-16-24(20-46)14-28(22-48)41(31)44)18-33(37)34-19-27(11-13-38(34)50)32-17-25(21-47)15-29(23-49)42(32)45/h3-19H,1-2H3. The number of nitriles is 4. The smallest absolute Gasteiger partial charge is 0.148 e. The molecule has 0 atom stereocenters. The molecule has 0 radical (unpaired) electrons. The molecule has 1 aromatic heterocycles. The second-order valence-electron chi connectivity index (χ2n) is 12.9. The topological polar surface area (TPSA) is 100 Å². The monoisotopic (exact) mass is 647 g/mol. The molecule has 0 aliphatic heterocycles. The van der Waals surface area contributed by atoms with E-state index >= 15 is 8.78 Å². The van der Waals surface area contributed by atoms with E-state index in [-0.39, 0.29) is 38.8 Å². The maximum Gasteiger partial charge on any atom is 0.148 e. The van der Waals surface area contributed by atoms with Crippen LogP contribution < -0.4 is 0 Å². The zero-order valence-electron chi connectivity index (χ0n) is 26.8. The molecule has 0 N–H and O–H groups in total. The Kier molecular flexibility index (Phi) is 6.66. The molecule has 6 aromatic carbocycles. The number of benzene rings is 6. The van der Waals surface area contributed by atoms with Gasteiger partial charge in [0.05, 0.1) is 51.1 Å². The van der Waals surface area contributed by atoms with Crippen molar-refractivity contribution >= 4 is 21.8 Å². The number of hydrogen-bond acceptors (Lipinski definition) is 4. The minimum atomic E-state index is -0.727. The summed E-state index contributed by atoms with van der Waals surface area (Å²) in [5, 5.41) is 39.9. The maximum absolute atomic E-state index is 15.7. The van der Waals surface area contributed by atoms with Gasteiger partial charge < -0.3 is 4.57 Å². The molecule has 7 heteroatoms. The van der Waals surface area contributed by atoms with Crippen molar-refractivity contribution in [2.24, 2.45) is 0 Å². The van der Waals surface area contributed by atoms with E-state index in [1.807, 2.05) is 66.7 Å². The van der Waals surface area contributed by atoms with Crippen molar-refractivity contribution in [1.29, 1.82) is 21.0 Å². The van der Waals surface area contributed by atoms with Crippen molar-refractivity contribution < 1.29 is 8.78 Å². The molecule has 0 unspecified atom stereocenters. The minimum absolute atomic E-state index is 0.113. The molecule has 234 valence electrons. The Hall–Kier alpha value is -7.06. The van der Waals surface area contributed by atoms with E-state index in [4.69, 9.17) is 0 Å². The molecule has 5 nitrogen and oxygen atoms in total. The lowest BCUT2D eigenvalue weighted by atomic mass is 9.82. The number of hydrogen-bond donors (Lipinski definition) is 0. The van der Waals surface area contributed by atoms with Crippen LogP contribution in [0.5, 0.6) is 0 Å². The summed E-state index contributed by atoms with van der Waals surface area (Å²) in [6, 6.07) is 38.6. The van der Waals surface area contributed by atoms with Gasteiger partial charge in [0.15, 0.2) is 0 Å². The van der Waals surface area contributed by atoms with Crippen molar-refractivity contribution in [3.8, 4) is 63.3 Å². The van der Waals surface area contributed by atoms with Gasteiger partial charge in [-0.2, -0.15) is 21.0 Å². The summed E-state index contributed by atoms with van der Waals surface area (Å²) in [5.41, 5.74) is 7.92. The second-order valence-corrected chi connectivity index (χ2v) is 12.9. The van der Waals surface area contributed by atoms with Gasteiger partial charge in [0.25, 0.3) is 0 Å². The van der Waals surface area contributed by atoms with E-state index in [0.717, 1.165) is 38.6 Å². The predicted molar refractivity (Wildman–Crippen MR) is 188 cm³/mol. The highest BCUT2D eigenvalue weighted by Gasteiger charge is 2.37. The lowest BCUT2D eigenvalue weighted by Gasteiger charge is -2.22. The minimum Gasteiger partial charge on any atom is -0.309 e. The van der Waals surface area contributed by atoms with Crippen molar-refractivity contribution in [2.75, 3.05) is 0 Å². The fourth-order valence-electron chi connectivity index (χ4n) is 7.50. The first-order valence-corrected chi connectivity index (χ1v) is 15.8. The summed E-state index contributed by atoms with van der Waals surface area (Å²) >= 11 is 0. The SMILES string of the molecule is CC1(C)c2ccccc2-c2c(-n3c4ccc(-c5cc(C#N)cc(C#N)c5F)cc4c4cc(-c5cc(C#N)cc(C#N)c5F)ccc43)cccc21. The molecule has 1 aliphatic rings. The molecular weight excluding hydrogens is 625 g/mol. The maximum atomic E-state index is 15.7. The molecular formula is C43H23F2N5. The number of rotatable bonds is 3. The highest BCUT2D eigenvalue weighted by atomic mass is 19.1. The zero-order chi connectivity index (χ0) is 34.9. The molecule has 0 saturated carbocycles. The Morgan fingerprint density at radius 3 is 1.58 bits per heavy atom. The van der Waals surface area contributed by atoms with Gasteiger partial charge in [-0.3, -0.25) is 0 Å². The first-order valence-electron chi connectivity index (χ1n) is 15.8. The van der Waals surface area contributed by atoms with E-state index in [9.17, 15) is 21.0 Å². The number of aromatic nitrogens is 1. The van der Waals surface area contributed by atoms with E-state index in [0.29, 0.717) is 11.1 Å². The fraction of sp³-hybridized carbons (Fsp3) is 0.0698. The first kappa shape index (κ1) is 30.3. The number of halogens is 2. The summed E-state index contributed by atoms with van der Waals surface area (Å²) in [7, 11) is 0. The first-order chi connectivity index (χ1) is 24.2. The Morgan fingerprint density at radius 1 is 0.540 bits per heavy atom. The highest BCUT2D eigenvalue weighted by Crippen LogP contribution is 2.52. The van der Waals surface area contributed by atoms with Crippen LogP contribution in [0.3, 0.4) is 0 Å². The molecule has 0 saturated heterocycles. The van der Waals surface area contributed by atoms with Gasteiger partial charge in [-0.05, 0) is 82.4 Å². The van der Waals surface area contributed by atoms with Crippen LogP contribution >= 0.6 is 0 Å². The van der Waals surface area contributed by atoms with Gasteiger partial charge in [-0.25, -0.2) is 8.78 Å². The Balaban J connectivity index is 1.48. The Morgan fingerprint density at radius 2 is 1.06 bits per heavy atom. The Labute approximate surface area is 286 Å². The van der Waals surface area contributed by atoms with E-state index in [2.05, 4.69) is 42.7 Å². The Bertz CT molecular complexity index is 2680. The second kappa shape index (κ2) is 11.0. The third-order valence-electron chi connectivity index (χ3n) is 9.86. The molecule has 7 aromatic rings. The van der Waals surface area contributed by atoms with Crippen LogP contribution in [0.1, 0.15) is 47.2 Å². The molecule has 0 amide bonds. The molecule has 8 rings (SSSR count). The van der Waals surface area contributed by atoms with Crippen LogP contribution in [0.4, 0.5) is 8.78 Å². The molecule has 1 aliphatic carbocycles. The number of nitrogens with zero attached hydrogens (tertiary/aromatic N) is 5. The zero-order valence-corrected chi connectivity index (χ0v) is 26.8. The van der Waals surface area contributed by atoms with Crippen LogP contribution in [-0.4, -0.2) is 4.57 Å². The van der Waals surface area contributed by atoms with Gasteiger partial charge in [-0.1, -0.05) is 62.4 Å². The van der Waals surface area contributed by atoms with Crippen molar-refractivity contribution in [2.45, 2.75) is 19.3 Å². The van der Waals surface area contributed by atoms with Gasteiger partial charge >= 0.3 is 0 Å². The van der Waals surface area contributed by atoms with E-state index in [1.54, 1.807) is 12.1 Å². The quantitative estimate of drug-likeness (QED) is 0.190. The van der Waals surface area contributed by atoms with Crippen LogP contribution in [0, 0.1) is 57.0 Å². The third-order valence-corrected chi connectivity index (χ3v) is 9.86. The van der Waals surface area contributed by atoms with Gasteiger partial charge in [0, 0.05) is 32.9 Å². The van der Waals surface area contributed by atoms with Crippen LogP contribution in [0.25, 0.3) is 60.9 Å². The largest absolute Gasteiger partial charge is 0.309 e. The summed E-state index contributed by atoms with van der Waals surface area (Å²) in [6.45, 7) is 4.43. The third kappa shape index (κ3) is 4.25. The summed E-state index contributed by atoms with van der Waals surface area (Å²) in [6.07, 6.45) is 0. The molecule has 50 heavy (non-hydrogen) atoms. The van der Waals surface area contributed by atoms with Crippen LogP contribution in [0.15, 0.2) is 103 Å². The van der Waals surface area contributed by atoms with Crippen molar-refractivity contribution in [1.82, 2.24) is 4.57 Å². The number of fused-ring (bicyclic) bond motifs is 6. The fourth-order valence-corrected chi connectivity index (χ4v) is 7.50. The van der Waals surface area contributed by atoms with E-state index in [1.165, 1.54) is 35.4 Å². The normalized spacial score (nSPS) is 12.5. The van der Waals surface area contributed by atoms with Gasteiger partial charge in [0.1, 0.15) is 23.8 Å². The van der Waals surface area contributed by atoms with E-state index < -0.39 is 11.6 Å². The molecule has 0 bridgehead atoms. The summed E-state index contributed by atoms with van der Waals surface area (Å²) in [5.74, 6) is -1.45. The average molecular weight is 648 g/mol. The van der Waals surface area contributed by atoms with Gasteiger partial charge in [0.2, 0.25) is 0 Å². The van der Waals surface area contributed by atoms with Gasteiger partial charge in [-0.15, -0.1) is 0 Å². The van der Waals surface area contributed by atoms with Crippen molar-refractivity contribution in [3.63, 3.8) is 0 Å². The lowest BCUT2D eigenvalue weighted by Crippen LogP contribution is -2.14. The predicted octanol–water partition coefficient (Wildman–Crippen LogP) is 10.2. The van der Waals surface area contributed by atoms with Crippen LogP contribution in [0.2, 0.25) is 0 Å². The van der Waals surface area contributed by atoms with Crippen molar-refractivity contribution in [3.05, 3.63) is 148 Å². The summed E-state index contributed by atoms with van der Waals surface area (Å²) in [4.78, 5) is 0.